The Morgan fingerprint density at radius 1 is 1.26 bits per heavy atom. The summed E-state index contributed by atoms with van der Waals surface area (Å²) in [4.78, 5) is 6.89. The van der Waals surface area contributed by atoms with Crippen LogP contribution >= 0.6 is 0 Å². The topological polar surface area (TPSA) is 57.5 Å². The van der Waals surface area contributed by atoms with E-state index in [2.05, 4.69) is 69.8 Å². The van der Waals surface area contributed by atoms with Crippen molar-refractivity contribution in [3.05, 3.63) is 47.3 Å². The van der Waals surface area contributed by atoms with Gasteiger partial charge >= 0.3 is 0 Å². The smallest absolute Gasteiger partial charge is 0.191 e. The molecule has 0 saturated carbocycles. The van der Waals surface area contributed by atoms with E-state index in [-0.39, 0.29) is 0 Å². The van der Waals surface area contributed by atoms with Gasteiger partial charge in [-0.15, -0.1) is 0 Å². The fourth-order valence-electron chi connectivity index (χ4n) is 3.75. The molecular formula is C21H32N6. The first-order valence-corrected chi connectivity index (χ1v) is 9.89. The van der Waals surface area contributed by atoms with Crippen LogP contribution in [0.15, 0.2) is 35.3 Å². The highest BCUT2D eigenvalue weighted by atomic mass is 15.3. The Kier molecular flexibility index (Phi) is 6.50. The lowest BCUT2D eigenvalue weighted by Gasteiger charge is -2.17. The van der Waals surface area contributed by atoms with Crippen LogP contribution in [0.5, 0.6) is 0 Å². The van der Waals surface area contributed by atoms with Gasteiger partial charge in [-0.1, -0.05) is 25.1 Å². The van der Waals surface area contributed by atoms with Gasteiger partial charge < -0.3 is 15.5 Å². The second-order valence-electron chi connectivity index (χ2n) is 7.32. The van der Waals surface area contributed by atoms with Crippen molar-refractivity contribution in [3.8, 4) is 5.69 Å². The van der Waals surface area contributed by atoms with Crippen LogP contribution in [-0.4, -0.2) is 53.9 Å². The van der Waals surface area contributed by atoms with Gasteiger partial charge in [-0.05, 0) is 57.0 Å². The molecule has 1 saturated heterocycles. The van der Waals surface area contributed by atoms with E-state index < -0.39 is 0 Å². The van der Waals surface area contributed by atoms with E-state index in [9.17, 15) is 0 Å². The molecule has 2 N–H and O–H groups in total. The van der Waals surface area contributed by atoms with Crippen molar-refractivity contribution in [2.24, 2.45) is 10.9 Å². The first-order valence-electron chi connectivity index (χ1n) is 9.89. The molecule has 2 heterocycles. The maximum atomic E-state index is 4.63. The average Bonchev–Trinajstić information content (AvgIpc) is 3.27. The third-order valence-corrected chi connectivity index (χ3v) is 5.27. The summed E-state index contributed by atoms with van der Waals surface area (Å²) >= 11 is 0. The Balaban J connectivity index is 1.60. The minimum atomic E-state index is 0.700. The zero-order valence-electron chi connectivity index (χ0n) is 17.0. The fraction of sp³-hybridized carbons (Fsp3) is 0.524. The number of hydrogen-bond acceptors (Lipinski definition) is 3. The molecule has 0 radical (unpaired) electrons. The van der Waals surface area contributed by atoms with E-state index in [1.807, 2.05) is 18.7 Å². The number of nitrogens with zero attached hydrogens (tertiary/aromatic N) is 4. The predicted molar refractivity (Wildman–Crippen MR) is 111 cm³/mol. The van der Waals surface area contributed by atoms with Crippen LogP contribution in [0.3, 0.4) is 0 Å². The van der Waals surface area contributed by atoms with Crippen molar-refractivity contribution in [3.63, 3.8) is 0 Å². The monoisotopic (exact) mass is 368 g/mol. The van der Waals surface area contributed by atoms with Crippen LogP contribution < -0.4 is 10.6 Å². The van der Waals surface area contributed by atoms with Gasteiger partial charge in [0, 0.05) is 32.4 Å². The maximum absolute atomic E-state index is 4.63. The van der Waals surface area contributed by atoms with Crippen LogP contribution in [0, 0.1) is 19.8 Å². The molecule has 27 heavy (non-hydrogen) atoms. The highest BCUT2D eigenvalue weighted by Crippen LogP contribution is 2.17. The van der Waals surface area contributed by atoms with Gasteiger partial charge in [0.25, 0.3) is 0 Å². The third-order valence-electron chi connectivity index (χ3n) is 5.27. The van der Waals surface area contributed by atoms with Gasteiger partial charge in [0.2, 0.25) is 0 Å². The average molecular weight is 369 g/mol. The van der Waals surface area contributed by atoms with Crippen LogP contribution in [0.1, 0.15) is 30.3 Å². The molecule has 2 aromatic rings. The molecule has 1 unspecified atom stereocenters. The van der Waals surface area contributed by atoms with Gasteiger partial charge in [0.05, 0.1) is 11.4 Å². The predicted octanol–water partition coefficient (Wildman–Crippen LogP) is 2.50. The number of rotatable bonds is 6. The summed E-state index contributed by atoms with van der Waals surface area (Å²) in [5, 5.41) is 11.6. The molecule has 1 fully saturated rings. The van der Waals surface area contributed by atoms with Gasteiger partial charge in [0.1, 0.15) is 0 Å². The van der Waals surface area contributed by atoms with Crippen molar-refractivity contribution >= 4 is 5.96 Å². The molecule has 0 spiro atoms. The summed E-state index contributed by atoms with van der Waals surface area (Å²) in [6, 6.07) is 10.5. The molecule has 1 aliphatic rings. The number of para-hydroxylation sites is 1. The van der Waals surface area contributed by atoms with Gasteiger partial charge in [0.15, 0.2) is 5.96 Å². The molecule has 0 amide bonds. The lowest BCUT2D eigenvalue weighted by atomic mass is 10.1. The number of aryl methyl sites for hydroxylation is 2. The third kappa shape index (κ3) is 4.89. The first kappa shape index (κ1) is 19.4. The lowest BCUT2D eigenvalue weighted by molar-refractivity contribution is 0.342. The minimum Gasteiger partial charge on any atom is -0.356 e. The van der Waals surface area contributed by atoms with E-state index in [1.54, 1.807) is 0 Å². The van der Waals surface area contributed by atoms with Crippen molar-refractivity contribution in [2.45, 2.75) is 33.7 Å². The number of aromatic nitrogens is 2. The highest BCUT2D eigenvalue weighted by Gasteiger charge is 2.21. The first-order chi connectivity index (χ1) is 13.1. The summed E-state index contributed by atoms with van der Waals surface area (Å²) in [5.74, 6) is 1.55. The Hall–Kier alpha value is -2.34. The Bertz CT molecular complexity index is 779. The number of nitrogens with one attached hydrogen (secondary N) is 2. The second-order valence-corrected chi connectivity index (χ2v) is 7.32. The van der Waals surface area contributed by atoms with Gasteiger partial charge in [-0.2, -0.15) is 5.10 Å². The molecule has 1 atom stereocenters. The highest BCUT2D eigenvalue weighted by molar-refractivity contribution is 5.79. The van der Waals surface area contributed by atoms with Crippen LogP contribution in [0.2, 0.25) is 0 Å². The van der Waals surface area contributed by atoms with Crippen LogP contribution in [0.25, 0.3) is 5.69 Å². The molecule has 1 aromatic carbocycles. The van der Waals surface area contributed by atoms with Crippen molar-refractivity contribution < 1.29 is 0 Å². The SMILES string of the molecule is CCN1CCC(CNC(=NC)NCc2ccccc2-n2nc(C)cc2C)C1. The molecule has 0 bridgehead atoms. The van der Waals surface area contributed by atoms with E-state index in [0.29, 0.717) is 12.5 Å². The fourth-order valence-corrected chi connectivity index (χ4v) is 3.75. The Morgan fingerprint density at radius 2 is 2.07 bits per heavy atom. The molecule has 1 aliphatic heterocycles. The summed E-state index contributed by atoms with van der Waals surface area (Å²) < 4.78 is 2.01. The summed E-state index contributed by atoms with van der Waals surface area (Å²) in [7, 11) is 1.83. The molecule has 3 rings (SSSR count). The second kappa shape index (κ2) is 9.04. The molecule has 0 aliphatic carbocycles. The molecule has 1 aromatic heterocycles. The number of aliphatic imine (C=N–C) groups is 1. The van der Waals surface area contributed by atoms with Crippen LogP contribution in [-0.2, 0) is 6.54 Å². The van der Waals surface area contributed by atoms with Crippen LogP contribution in [0.4, 0.5) is 0 Å². The molecule has 6 nitrogen and oxygen atoms in total. The lowest BCUT2D eigenvalue weighted by Crippen LogP contribution is -2.40. The quantitative estimate of drug-likeness (QED) is 0.608. The zero-order valence-corrected chi connectivity index (χ0v) is 17.0. The maximum Gasteiger partial charge on any atom is 0.191 e. The normalized spacial score (nSPS) is 18.1. The molecule has 146 valence electrons. The Labute approximate surface area is 162 Å². The number of guanidine groups is 1. The number of likely N-dealkylation sites (tertiary alicyclic amines) is 1. The summed E-state index contributed by atoms with van der Waals surface area (Å²) in [6.45, 7) is 11.6. The number of benzene rings is 1. The van der Waals surface area contributed by atoms with Crippen molar-refractivity contribution in [2.75, 3.05) is 33.2 Å². The number of hydrogen-bond donors (Lipinski definition) is 2. The molecule has 6 heteroatoms. The summed E-state index contributed by atoms with van der Waals surface area (Å²) in [5.41, 5.74) is 4.49. The minimum absolute atomic E-state index is 0.700. The zero-order chi connectivity index (χ0) is 19.2. The van der Waals surface area contributed by atoms with E-state index in [1.165, 1.54) is 25.1 Å². The largest absolute Gasteiger partial charge is 0.356 e. The summed E-state index contributed by atoms with van der Waals surface area (Å²) in [6.07, 6.45) is 1.26. The van der Waals surface area contributed by atoms with E-state index >= 15 is 0 Å². The van der Waals surface area contributed by atoms with E-state index in [0.717, 1.165) is 36.1 Å². The van der Waals surface area contributed by atoms with E-state index in [4.69, 9.17) is 0 Å². The van der Waals surface area contributed by atoms with Crippen molar-refractivity contribution in [1.82, 2.24) is 25.3 Å². The molecular weight excluding hydrogens is 336 g/mol. The van der Waals surface area contributed by atoms with Gasteiger partial charge in [-0.3, -0.25) is 4.99 Å². The van der Waals surface area contributed by atoms with Gasteiger partial charge in [-0.25, -0.2) is 4.68 Å². The Morgan fingerprint density at radius 3 is 2.74 bits per heavy atom. The standard InChI is InChI=1S/C21H32N6/c1-5-26-11-10-18(15-26)13-23-21(22-4)24-14-19-8-6-7-9-20(19)27-17(3)12-16(2)25-27/h6-9,12,18H,5,10-11,13-15H2,1-4H3,(H2,22,23,24). The van der Waals surface area contributed by atoms with Crippen molar-refractivity contribution in [1.29, 1.82) is 0 Å².